The summed E-state index contributed by atoms with van der Waals surface area (Å²) >= 11 is 0. The third kappa shape index (κ3) is 2.50. The fourth-order valence-electron chi connectivity index (χ4n) is 3.49. The van der Waals surface area contributed by atoms with Crippen LogP contribution in [-0.2, 0) is 9.84 Å². The van der Waals surface area contributed by atoms with Crippen LogP contribution in [0.15, 0.2) is 47.5 Å². The molecule has 0 aliphatic rings. The number of H-pyrrole nitrogens is 1. The summed E-state index contributed by atoms with van der Waals surface area (Å²) < 4.78 is 40.6. The number of benzene rings is 2. The zero-order valence-corrected chi connectivity index (χ0v) is 15.4. The average molecular weight is 371 g/mol. The van der Waals surface area contributed by atoms with E-state index in [2.05, 4.69) is 10.2 Å². The second kappa shape index (κ2) is 5.67. The molecule has 1 N–H and O–H groups in total. The minimum atomic E-state index is -3.48. The van der Waals surface area contributed by atoms with Crippen LogP contribution in [-0.4, -0.2) is 29.4 Å². The highest BCUT2D eigenvalue weighted by atomic mass is 32.2. The maximum Gasteiger partial charge on any atom is 0.177 e. The smallest absolute Gasteiger partial charge is 0.177 e. The zero-order valence-electron chi connectivity index (χ0n) is 14.6. The third-order valence-corrected chi connectivity index (χ3v) is 5.69. The molecule has 134 valence electrons. The number of hydrogen-bond acceptors (Lipinski definition) is 3. The molecule has 2 heterocycles. The molecule has 26 heavy (non-hydrogen) atoms. The van der Waals surface area contributed by atoms with Gasteiger partial charge >= 0.3 is 0 Å². The summed E-state index contributed by atoms with van der Waals surface area (Å²) in [4.78, 5) is 0.309. The highest BCUT2D eigenvalue weighted by Crippen LogP contribution is 2.38. The van der Waals surface area contributed by atoms with E-state index in [1.165, 1.54) is 18.4 Å². The number of halogens is 1. The van der Waals surface area contributed by atoms with Crippen LogP contribution in [0.2, 0.25) is 0 Å². The van der Waals surface area contributed by atoms with Crippen molar-refractivity contribution in [2.45, 2.75) is 24.7 Å². The summed E-state index contributed by atoms with van der Waals surface area (Å²) in [6.45, 7) is 3.91. The van der Waals surface area contributed by atoms with Crippen molar-refractivity contribution >= 4 is 31.6 Å². The van der Waals surface area contributed by atoms with Crippen LogP contribution in [0.4, 0.5) is 4.39 Å². The maximum absolute atomic E-state index is 13.4. The number of hydrogen-bond donors (Lipinski definition) is 1. The largest absolute Gasteiger partial charge is 0.312 e. The van der Waals surface area contributed by atoms with Crippen LogP contribution in [0.5, 0.6) is 0 Å². The standard InChI is InChI=1S/C19H18FN3O2S/c1-11(2)18-19(26(3,24)25)15-9-16-12(10-21-22-16)8-17(15)23(18)14-6-4-13(20)5-7-14/h4-11H,1-3H3,(H,21,22). The lowest BCUT2D eigenvalue weighted by Gasteiger charge is -2.15. The van der Waals surface area contributed by atoms with Crippen LogP contribution in [0.1, 0.15) is 25.5 Å². The summed E-state index contributed by atoms with van der Waals surface area (Å²) in [6.07, 6.45) is 2.92. The molecule has 7 heteroatoms. The molecule has 4 rings (SSSR count). The molecule has 0 radical (unpaired) electrons. The second-order valence-electron chi connectivity index (χ2n) is 6.78. The third-order valence-electron chi connectivity index (χ3n) is 4.52. The molecule has 0 amide bonds. The molecular formula is C19H18FN3O2S. The van der Waals surface area contributed by atoms with Gasteiger partial charge in [-0.15, -0.1) is 0 Å². The molecule has 4 aromatic rings. The summed E-state index contributed by atoms with van der Waals surface area (Å²) in [6, 6.07) is 9.81. The average Bonchev–Trinajstić information content (AvgIpc) is 3.14. The fraction of sp³-hybridized carbons (Fsp3) is 0.211. The Bertz CT molecular complexity index is 1240. The van der Waals surface area contributed by atoms with Gasteiger partial charge in [-0.3, -0.25) is 5.10 Å². The van der Waals surface area contributed by atoms with Gasteiger partial charge in [0.15, 0.2) is 9.84 Å². The Kier molecular flexibility index (Phi) is 3.66. The molecule has 5 nitrogen and oxygen atoms in total. The van der Waals surface area contributed by atoms with E-state index in [0.29, 0.717) is 16.0 Å². The predicted octanol–water partition coefficient (Wildman–Crippen LogP) is 4.17. The van der Waals surface area contributed by atoms with Crippen molar-refractivity contribution in [1.29, 1.82) is 0 Å². The van der Waals surface area contributed by atoms with Gasteiger partial charge in [-0.25, -0.2) is 12.8 Å². The minimum absolute atomic E-state index is 0.0476. The number of aromatic nitrogens is 3. The Balaban J connectivity index is 2.24. The van der Waals surface area contributed by atoms with Gasteiger partial charge in [-0.05, 0) is 42.3 Å². The van der Waals surface area contributed by atoms with E-state index in [1.54, 1.807) is 18.3 Å². The van der Waals surface area contributed by atoms with E-state index in [1.807, 2.05) is 30.5 Å². The first-order valence-electron chi connectivity index (χ1n) is 8.25. The fourth-order valence-corrected chi connectivity index (χ4v) is 4.76. The zero-order chi connectivity index (χ0) is 18.6. The molecule has 0 aliphatic carbocycles. The number of rotatable bonds is 3. The van der Waals surface area contributed by atoms with Gasteiger partial charge in [0.2, 0.25) is 0 Å². The summed E-state index contributed by atoms with van der Waals surface area (Å²) in [5.41, 5.74) is 2.94. The molecule has 0 aliphatic heterocycles. The number of nitrogens with one attached hydrogen (secondary N) is 1. The van der Waals surface area contributed by atoms with E-state index in [4.69, 9.17) is 0 Å². The first kappa shape index (κ1) is 16.8. The maximum atomic E-state index is 13.4. The number of sulfone groups is 1. The van der Waals surface area contributed by atoms with Gasteiger partial charge in [0, 0.05) is 28.4 Å². The van der Waals surface area contributed by atoms with Crippen molar-refractivity contribution in [3.8, 4) is 5.69 Å². The minimum Gasteiger partial charge on any atom is -0.312 e. The van der Waals surface area contributed by atoms with E-state index < -0.39 is 9.84 Å². The van der Waals surface area contributed by atoms with Crippen molar-refractivity contribution in [2.24, 2.45) is 0 Å². The first-order valence-corrected chi connectivity index (χ1v) is 10.1. The van der Waals surface area contributed by atoms with E-state index in [0.717, 1.165) is 22.1 Å². The summed E-state index contributed by atoms with van der Waals surface area (Å²) in [5, 5.41) is 8.45. The molecule has 0 saturated carbocycles. The molecule has 2 aromatic carbocycles. The topological polar surface area (TPSA) is 67.8 Å². The van der Waals surface area contributed by atoms with E-state index in [-0.39, 0.29) is 11.7 Å². The molecule has 0 unspecified atom stereocenters. The van der Waals surface area contributed by atoms with Crippen LogP contribution >= 0.6 is 0 Å². The van der Waals surface area contributed by atoms with E-state index in [9.17, 15) is 12.8 Å². The Morgan fingerprint density at radius 2 is 1.85 bits per heavy atom. The van der Waals surface area contributed by atoms with Crippen LogP contribution in [0.3, 0.4) is 0 Å². The second-order valence-corrected chi connectivity index (χ2v) is 8.73. The first-order chi connectivity index (χ1) is 12.3. The van der Waals surface area contributed by atoms with Crippen molar-refractivity contribution in [3.63, 3.8) is 0 Å². The SMILES string of the molecule is CC(C)c1c(S(C)(=O)=O)c2cc3[nH]ncc3cc2n1-c1ccc(F)cc1. The molecule has 0 spiro atoms. The monoisotopic (exact) mass is 371 g/mol. The number of nitrogens with zero attached hydrogens (tertiary/aromatic N) is 2. The lowest BCUT2D eigenvalue weighted by Crippen LogP contribution is -2.07. The number of aromatic amines is 1. The molecule has 0 atom stereocenters. The van der Waals surface area contributed by atoms with Crippen molar-refractivity contribution in [1.82, 2.24) is 14.8 Å². The van der Waals surface area contributed by atoms with Crippen LogP contribution in [0, 0.1) is 5.82 Å². The van der Waals surface area contributed by atoms with Gasteiger partial charge in [-0.2, -0.15) is 5.10 Å². The predicted molar refractivity (Wildman–Crippen MR) is 100 cm³/mol. The number of fused-ring (bicyclic) bond motifs is 2. The van der Waals surface area contributed by atoms with E-state index >= 15 is 0 Å². The van der Waals surface area contributed by atoms with Crippen LogP contribution < -0.4 is 0 Å². The van der Waals surface area contributed by atoms with Gasteiger partial charge in [0.05, 0.1) is 22.1 Å². The molecule has 0 fully saturated rings. The van der Waals surface area contributed by atoms with Crippen molar-refractivity contribution < 1.29 is 12.8 Å². The Hall–Kier alpha value is -2.67. The molecule has 2 aromatic heterocycles. The van der Waals surface area contributed by atoms with Crippen molar-refractivity contribution in [3.05, 3.63) is 54.1 Å². The lowest BCUT2D eigenvalue weighted by atomic mass is 10.1. The van der Waals surface area contributed by atoms with Gasteiger partial charge in [0.25, 0.3) is 0 Å². The summed E-state index contributed by atoms with van der Waals surface area (Å²) in [5.74, 6) is -0.384. The highest BCUT2D eigenvalue weighted by molar-refractivity contribution is 7.91. The van der Waals surface area contributed by atoms with Gasteiger partial charge in [0.1, 0.15) is 5.82 Å². The molecule has 0 saturated heterocycles. The Morgan fingerprint density at radius 1 is 1.15 bits per heavy atom. The summed E-state index contributed by atoms with van der Waals surface area (Å²) in [7, 11) is -3.48. The van der Waals surface area contributed by atoms with Crippen molar-refractivity contribution in [2.75, 3.05) is 6.26 Å². The van der Waals surface area contributed by atoms with Gasteiger partial charge in [-0.1, -0.05) is 13.8 Å². The lowest BCUT2D eigenvalue weighted by molar-refractivity contribution is 0.599. The Labute approximate surface area is 150 Å². The highest BCUT2D eigenvalue weighted by Gasteiger charge is 2.27. The molecule has 0 bridgehead atoms. The normalized spacial score (nSPS) is 12.5. The Morgan fingerprint density at radius 3 is 2.46 bits per heavy atom. The van der Waals surface area contributed by atoms with Gasteiger partial charge < -0.3 is 4.57 Å². The molecular weight excluding hydrogens is 353 g/mol. The van der Waals surface area contributed by atoms with Crippen LogP contribution in [0.25, 0.3) is 27.5 Å². The quantitative estimate of drug-likeness (QED) is 0.588.